The number of rotatable bonds is 5. The van der Waals surface area contributed by atoms with Crippen molar-refractivity contribution in [1.29, 1.82) is 0 Å². The number of hydrogen-bond donors (Lipinski definition) is 2. The molecule has 0 radical (unpaired) electrons. The Morgan fingerprint density at radius 2 is 1.91 bits per heavy atom. The molecule has 2 aromatic rings. The summed E-state index contributed by atoms with van der Waals surface area (Å²) in [5, 5.41) is 7.43. The van der Waals surface area contributed by atoms with Crippen molar-refractivity contribution >= 4 is 40.5 Å². The molecule has 8 heteroatoms. The van der Waals surface area contributed by atoms with E-state index in [1.807, 2.05) is 54.3 Å². The molecule has 3 saturated heterocycles. The van der Waals surface area contributed by atoms with Crippen LogP contribution < -0.4 is 15.5 Å². The molecule has 3 heterocycles. The molecular formula is C27H31ClN4O3. The van der Waals surface area contributed by atoms with Gasteiger partial charge < -0.3 is 20.3 Å². The van der Waals surface area contributed by atoms with Gasteiger partial charge in [0.25, 0.3) is 0 Å². The van der Waals surface area contributed by atoms with Crippen LogP contribution in [0.3, 0.4) is 0 Å². The lowest BCUT2D eigenvalue weighted by atomic mass is 9.85. The Kier molecular flexibility index (Phi) is 6.47. The average Bonchev–Trinajstić information content (AvgIpc) is 3.26. The van der Waals surface area contributed by atoms with E-state index < -0.39 is 5.54 Å². The second-order valence-corrected chi connectivity index (χ2v) is 10.1. The number of ether oxygens (including phenoxy) is 1. The molecule has 2 aromatic carbocycles. The van der Waals surface area contributed by atoms with E-state index in [9.17, 15) is 9.59 Å². The number of anilines is 3. The van der Waals surface area contributed by atoms with Crippen LogP contribution >= 0.6 is 11.6 Å². The Morgan fingerprint density at radius 1 is 1.14 bits per heavy atom. The number of halogens is 1. The van der Waals surface area contributed by atoms with Gasteiger partial charge in [-0.15, -0.1) is 0 Å². The lowest BCUT2D eigenvalue weighted by molar-refractivity contribution is -0.137. The first-order valence-electron chi connectivity index (χ1n) is 12.2. The molecule has 5 rings (SSSR count). The molecule has 184 valence electrons. The Morgan fingerprint density at radius 3 is 2.63 bits per heavy atom. The Bertz CT molecular complexity index is 1140. The maximum absolute atomic E-state index is 13.3. The molecule has 3 fully saturated rings. The predicted molar refractivity (Wildman–Crippen MR) is 138 cm³/mol. The maximum atomic E-state index is 13.3. The molecule has 2 N–H and O–H groups in total. The fourth-order valence-corrected chi connectivity index (χ4v) is 5.76. The van der Waals surface area contributed by atoms with Crippen LogP contribution in [0.5, 0.6) is 0 Å². The van der Waals surface area contributed by atoms with Gasteiger partial charge in [0.05, 0.1) is 22.7 Å². The van der Waals surface area contributed by atoms with Crippen molar-refractivity contribution in [2.45, 2.75) is 50.6 Å². The number of benzene rings is 2. The molecule has 2 amide bonds. The number of nitrogens with one attached hydrogen (secondary N) is 2. The summed E-state index contributed by atoms with van der Waals surface area (Å²) >= 11 is 6.91. The van der Waals surface area contributed by atoms with Crippen LogP contribution in [-0.2, 0) is 19.9 Å². The van der Waals surface area contributed by atoms with Gasteiger partial charge >= 0.3 is 0 Å². The minimum absolute atomic E-state index is 0.0422. The summed E-state index contributed by atoms with van der Waals surface area (Å²) in [5.41, 5.74) is 2.60. The first kappa shape index (κ1) is 23.7. The van der Waals surface area contributed by atoms with E-state index in [0.29, 0.717) is 30.5 Å². The molecule has 0 aliphatic carbocycles. The fourth-order valence-electron chi connectivity index (χ4n) is 5.37. The molecule has 1 atom stereocenters. The summed E-state index contributed by atoms with van der Waals surface area (Å²) < 4.78 is 5.46. The van der Waals surface area contributed by atoms with Gasteiger partial charge in [-0.25, -0.2) is 0 Å². The van der Waals surface area contributed by atoms with E-state index in [2.05, 4.69) is 17.2 Å². The maximum Gasteiger partial charge on any atom is 0.231 e. The number of hydrogen-bond acceptors (Lipinski definition) is 5. The van der Waals surface area contributed by atoms with Crippen molar-refractivity contribution in [2.24, 2.45) is 0 Å². The molecule has 0 bridgehead atoms. The molecule has 0 spiro atoms. The van der Waals surface area contributed by atoms with Crippen LogP contribution in [-0.4, -0.2) is 42.5 Å². The third-order valence-electron chi connectivity index (χ3n) is 7.14. The Hall–Kier alpha value is -3.03. The van der Waals surface area contributed by atoms with Gasteiger partial charge in [-0.05, 0) is 56.0 Å². The van der Waals surface area contributed by atoms with Crippen LogP contribution in [0.1, 0.15) is 44.6 Å². The van der Waals surface area contributed by atoms with Gasteiger partial charge in [-0.3, -0.25) is 14.5 Å². The van der Waals surface area contributed by atoms with Crippen LogP contribution in [0.15, 0.2) is 54.9 Å². The standard InChI is InChI=1S/C27H31ClN4O3/c1-18-30-27(2,17-25(34)32(18)20-11-14-35-15-12-20)22-8-4-9-23(26(22)28)29-19-6-3-7-21(16-19)31-13-5-10-24(31)33/h3-4,6-9,16,20,29-30H,1,5,10-15,17H2,2H3/t27-/m0/s1. The van der Waals surface area contributed by atoms with Crippen molar-refractivity contribution < 1.29 is 14.3 Å². The minimum atomic E-state index is -0.686. The third-order valence-corrected chi connectivity index (χ3v) is 7.55. The van der Waals surface area contributed by atoms with E-state index in [-0.39, 0.29) is 24.3 Å². The van der Waals surface area contributed by atoms with E-state index in [0.717, 1.165) is 48.4 Å². The second-order valence-electron chi connectivity index (χ2n) is 9.68. The fraction of sp³-hybridized carbons (Fsp3) is 0.407. The Labute approximate surface area is 211 Å². The summed E-state index contributed by atoms with van der Waals surface area (Å²) in [6.07, 6.45) is 3.37. The highest BCUT2D eigenvalue weighted by atomic mass is 35.5. The monoisotopic (exact) mass is 494 g/mol. The number of carbonyl (C=O) groups excluding carboxylic acids is 2. The topological polar surface area (TPSA) is 73.9 Å². The van der Waals surface area contributed by atoms with Crippen LogP contribution in [0.4, 0.5) is 17.1 Å². The van der Waals surface area contributed by atoms with Crippen LogP contribution in [0, 0.1) is 0 Å². The highest BCUT2D eigenvalue weighted by Gasteiger charge is 2.42. The summed E-state index contributed by atoms with van der Waals surface area (Å²) in [5.74, 6) is 0.798. The molecule has 35 heavy (non-hydrogen) atoms. The first-order chi connectivity index (χ1) is 16.9. The molecule has 0 unspecified atom stereocenters. The van der Waals surface area contributed by atoms with Crippen molar-refractivity contribution in [1.82, 2.24) is 10.2 Å². The smallest absolute Gasteiger partial charge is 0.231 e. The van der Waals surface area contributed by atoms with Crippen molar-refractivity contribution in [3.8, 4) is 0 Å². The summed E-state index contributed by atoms with van der Waals surface area (Å²) in [7, 11) is 0. The highest BCUT2D eigenvalue weighted by Crippen LogP contribution is 2.40. The molecule has 0 aromatic heterocycles. The zero-order valence-corrected chi connectivity index (χ0v) is 20.7. The second kappa shape index (κ2) is 9.55. The molecule has 3 aliphatic rings. The first-order valence-corrected chi connectivity index (χ1v) is 12.6. The van der Waals surface area contributed by atoms with Crippen molar-refractivity contribution in [2.75, 3.05) is 30.0 Å². The average molecular weight is 495 g/mol. The molecule has 3 aliphatic heterocycles. The van der Waals surface area contributed by atoms with Gasteiger partial charge in [0, 0.05) is 43.6 Å². The van der Waals surface area contributed by atoms with E-state index >= 15 is 0 Å². The largest absolute Gasteiger partial charge is 0.381 e. The summed E-state index contributed by atoms with van der Waals surface area (Å²) in [6.45, 7) is 8.22. The normalized spacial score (nSPS) is 23.5. The Balaban J connectivity index is 1.37. The SMILES string of the molecule is C=C1N[C@](C)(c2cccc(Nc3cccc(N4CCCC4=O)c3)c2Cl)CC(=O)N1C1CCOCC1. The van der Waals surface area contributed by atoms with Gasteiger partial charge in [0.1, 0.15) is 5.82 Å². The number of carbonyl (C=O) groups is 2. The van der Waals surface area contributed by atoms with Gasteiger partial charge in [-0.1, -0.05) is 36.4 Å². The van der Waals surface area contributed by atoms with E-state index in [1.54, 1.807) is 4.90 Å². The molecular weight excluding hydrogens is 464 g/mol. The third kappa shape index (κ3) is 4.62. The van der Waals surface area contributed by atoms with Gasteiger partial charge in [0.2, 0.25) is 11.8 Å². The molecule has 0 saturated carbocycles. The van der Waals surface area contributed by atoms with Gasteiger partial charge in [0.15, 0.2) is 0 Å². The number of amides is 2. The van der Waals surface area contributed by atoms with Crippen molar-refractivity contribution in [3.05, 3.63) is 65.5 Å². The molecule has 7 nitrogen and oxygen atoms in total. The van der Waals surface area contributed by atoms with Crippen LogP contribution in [0.25, 0.3) is 0 Å². The highest BCUT2D eigenvalue weighted by molar-refractivity contribution is 6.34. The van der Waals surface area contributed by atoms with E-state index in [1.165, 1.54) is 0 Å². The van der Waals surface area contributed by atoms with E-state index in [4.69, 9.17) is 16.3 Å². The summed E-state index contributed by atoms with van der Waals surface area (Å²) in [4.78, 5) is 29.0. The zero-order valence-electron chi connectivity index (χ0n) is 20.0. The van der Waals surface area contributed by atoms with Crippen LogP contribution in [0.2, 0.25) is 5.02 Å². The van der Waals surface area contributed by atoms with Crippen molar-refractivity contribution in [3.63, 3.8) is 0 Å². The number of nitrogens with zero attached hydrogens (tertiary/aromatic N) is 2. The predicted octanol–water partition coefficient (Wildman–Crippen LogP) is 4.90. The zero-order chi connectivity index (χ0) is 24.6. The minimum Gasteiger partial charge on any atom is -0.381 e. The quantitative estimate of drug-likeness (QED) is 0.618. The lowest BCUT2D eigenvalue weighted by Crippen LogP contribution is -2.57. The van der Waals surface area contributed by atoms with Gasteiger partial charge in [-0.2, -0.15) is 0 Å². The summed E-state index contributed by atoms with van der Waals surface area (Å²) in [6, 6.07) is 13.7. The lowest BCUT2D eigenvalue weighted by Gasteiger charge is -2.46.